The zero-order valence-corrected chi connectivity index (χ0v) is 10.6. The lowest BCUT2D eigenvalue weighted by Crippen LogP contribution is -2.04. The van der Waals surface area contributed by atoms with Crippen LogP contribution in [0.1, 0.15) is 15.9 Å². The van der Waals surface area contributed by atoms with E-state index in [2.05, 4.69) is 0 Å². The first kappa shape index (κ1) is 13.1. The van der Waals surface area contributed by atoms with Gasteiger partial charge in [-0.05, 0) is 24.3 Å². The van der Waals surface area contributed by atoms with Crippen molar-refractivity contribution >= 4 is 5.78 Å². The molecule has 0 aliphatic heterocycles. The van der Waals surface area contributed by atoms with Gasteiger partial charge >= 0.3 is 0 Å². The average molecular weight is 260 g/mol. The van der Waals surface area contributed by atoms with Gasteiger partial charge in [-0.25, -0.2) is 4.39 Å². The first-order valence-corrected chi connectivity index (χ1v) is 5.68. The SMILES string of the molecule is COc1ccc(C(=O)c2cccc(F)c2)c(OC)c1. The van der Waals surface area contributed by atoms with Crippen LogP contribution >= 0.6 is 0 Å². The summed E-state index contributed by atoms with van der Waals surface area (Å²) in [6.07, 6.45) is 0. The summed E-state index contributed by atoms with van der Waals surface area (Å²) in [5.74, 6) is 0.249. The van der Waals surface area contributed by atoms with Crippen LogP contribution in [0.3, 0.4) is 0 Å². The number of rotatable bonds is 4. The number of hydrogen-bond donors (Lipinski definition) is 0. The van der Waals surface area contributed by atoms with Crippen molar-refractivity contribution in [2.75, 3.05) is 14.2 Å². The number of benzene rings is 2. The maximum atomic E-state index is 13.1. The molecule has 2 aromatic rings. The minimum absolute atomic E-state index is 0.281. The molecule has 0 N–H and O–H groups in total. The predicted octanol–water partition coefficient (Wildman–Crippen LogP) is 3.07. The summed E-state index contributed by atoms with van der Waals surface area (Å²) in [4.78, 5) is 12.3. The van der Waals surface area contributed by atoms with Gasteiger partial charge in [0, 0.05) is 11.6 Å². The molecule has 0 amide bonds. The van der Waals surface area contributed by atoms with Gasteiger partial charge in [0.05, 0.1) is 19.8 Å². The number of ketones is 1. The van der Waals surface area contributed by atoms with E-state index in [1.54, 1.807) is 24.3 Å². The molecular formula is C15H13FO3. The topological polar surface area (TPSA) is 35.5 Å². The van der Waals surface area contributed by atoms with Crippen LogP contribution in [0.2, 0.25) is 0 Å². The zero-order valence-electron chi connectivity index (χ0n) is 10.6. The third-order valence-electron chi connectivity index (χ3n) is 2.74. The van der Waals surface area contributed by atoms with Gasteiger partial charge < -0.3 is 9.47 Å². The van der Waals surface area contributed by atoms with Crippen molar-refractivity contribution in [2.24, 2.45) is 0 Å². The van der Waals surface area contributed by atoms with Gasteiger partial charge in [0.1, 0.15) is 17.3 Å². The lowest BCUT2D eigenvalue weighted by molar-refractivity contribution is 0.103. The lowest BCUT2D eigenvalue weighted by atomic mass is 10.0. The first-order chi connectivity index (χ1) is 9.15. The Kier molecular flexibility index (Phi) is 3.80. The molecule has 19 heavy (non-hydrogen) atoms. The van der Waals surface area contributed by atoms with Crippen LogP contribution in [0.25, 0.3) is 0 Å². The molecule has 0 atom stereocenters. The molecule has 0 aromatic heterocycles. The predicted molar refractivity (Wildman–Crippen MR) is 69.4 cm³/mol. The second-order valence-corrected chi connectivity index (χ2v) is 3.91. The largest absolute Gasteiger partial charge is 0.497 e. The van der Waals surface area contributed by atoms with Gasteiger partial charge in [0.15, 0.2) is 5.78 Å². The van der Waals surface area contributed by atoms with E-state index in [4.69, 9.17) is 9.47 Å². The van der Waals surface area contributed by atoms with Crippen LogP contribution < -0.4 is 9.47 Å². The van der Waals surface area contributed by atoms with Crippen molar-refractivity contribution in [2.45, 2.75) is 0 Å². The number of hydrogen-bond acceptors (Lipinski definition) is 3. The smallest absolute Gasteiger partial charge is 0.196 e. The molecule has 98 valence electrons. The van der Waals surface area contributed by atoms with Crippen LogP contribution in [-0.2, 0) is 0 Å². The van der Waals surface area contributed by atoms with Crippen molar-refractivity contribution < 1.29 is 18.7 Å². The summed E-state index contributed by atoms with van der Waals surface area (Å²) in [5.41, 5.74) is 0.650. The van der Waals surface area contributed by atoms with Crippen molar-refractivity contribution in [3.8, 4) is 11.5 Å². The van der Waals surface area contributed by atoms with Crippen LogP contribution in [0.15, 0.2) is 42.5 Å². The maximum absolute atomic E-state index is 13.1. The Hall–Kier alpha value is -2.36. The Morgan fingerprint density at radius 3 is 2.47 bits per heavy atom. The molecule has 0 saturated heterocycles. The third kappa shape index (κ3) is 2.73. The highest BCUT2D eigenvalue weighted by atomic mass is 19.1. The molecule has 0 radical (unpaired) electrons. The van der Waals surface area contributed by atoms with Gasteiger partial charge in [-0.15, -0.1) is 0 Å². The lowest BCUT2D eigenvalue weighted by Gasteiger charge is -2.09. The summed E-state index contributed by atoms with van der Waals surface area (Å²) in [5, 5.41) is 0. The Labute approximate surface area is 110 Å². The second-order valence-electron chi connectivity index (χ2n) is 3.91. The molecule has 0 unspecified atom stereocenters. The molecule has 0 spiro atoms. The fourth-order valence-electron chi connectivity index (χ4n) is 1.77. The van der Waals surface area contributed by atoms with Crippen LogP contribution in [0, 0.1) is 5.82 Å². The number of carbonyl (C=O) groups is 1. The fraction of sp³-hybridized carbons (Fsp3) is 0.133. The van der Waals surface area contributed by atoms with E-state index in [0.29, 0.717) is 17.1 Å². The molecule has 3 nitrogen and oxygen atoms in total. The molecule has 0 saturated carbocycles. The Morgan fingerprint density at radius 1 is 1.05 bits per heavy atom. The van der Waals surface area contributed by atoms with E-state index in [1.807, 2.05) is 0 Å². The minimum Gasteiger partial charge on any atom is -0.497 e. The maximum Gasteiger partial charge on any atom is 0.196 e. The normalized spacial score (nSPS) is 10.1. The van der Waals surface area contributed by atoms with Gasteiger partial charge in [0.25, 0.3) is 0 Å². The number of halogens is 1. The molecular weight excluding hydrogens is 247 g/mol. The third-order valence-corrected chi connectivity index (χ3v) is 2.74. The summed E-state index contributed by atoms with van der Waals surface area (Å²) in [6.45, 7) is 0. The summed E-state index contributed by atoms with van der Waals surface area (Å²) < 4.78 is 23.4. The Bertz CT molecular complexity index is 608. The van der Waals surface area contributed by atoms with Crippen molar-refractivity contribution in [3.05, 3.63) is 59.4 Å². The zero-order chi connectivity index (χ0) is 13.8. The monoisotopic (exact) mass is 260 g/mol. The highest BCUT2D eigenvalue weighted by molar-refractivity contribution is 6.10. The molecule has 0 bridgehead atoms. The van der Waals surface area contributed by atoms with Gasteiger partial charge in [-0.2, -0.15) is 0 Å². The standard InChI is InChI=1S/C15H13FO3/c1-18-12-6-7-13(14(9-12)19-2)15(17)10-4-3-5-11(16)8-10/h3-9H,1-2H3. The highest BCUT2D eigenvalue weighted by Gasteiger charge is 2.15. The van der Waals surface area contributed by atoms with E-state index in [9.17, 15) is 9.18 Å². The van der Waals surface area contributed by atoms with E-state index in [-0.39, 0.29) is 11.3 Å². The second kappa shape index (κ2) is 5.52. The molecule has 4 heteroatoms. The molecule has 0 aliphatic rings. The van der Waals surface area contributed by atoms with E-state index >= 15 is 0 Å². The van der Waals surface area contributed by atoms with Crippen LogP contribution in [0.5, 0.6) is 11.5 Å². The van der Waals surface area contributed by atoms with Gasteiger partial charge in [-0.1, -0.05) is 12.1 Å². The summed E-state index contributed by atoms with van der Waals surface area (Å²) in [6, 6.07) is 10.4. The summed E-state index contributed by atoms with van der Waals surface area (Å²) in [7, 11) is 3.00. The molecule has 2 aromatic carbocycles. The Morgan fingerprint density at radius 2 is 1.84 bits per heavy atom. The van der Waals surface area contributed by atoms with Gasteiger partial charge in [-0.3, -0.25) is 4.79 Å². The molecule has 0 aliphatic carbocycles. The van der Waals surface area contributed by atoms with E-state index in [1.165, 1.54) is 32.4 Å². The number of methoxy groups -OCH3 is 2. The van der Waals surface area contributed by atoms with Crippen molar-refractivity contribution in [1.29, 1.82) is 0 Å². The van der Waals surface area contributed by atoms with Gasteiger partial charge in [0.2, 0.25) is 0 Å². The highest BCUT2D eigenvalue weighted by Crippen LogP contribution is 2.26. The number of ether oxygens (including phenoxy) is 2. The molecule has 2 rings (SSSR count). The van der Waals surface area contributed by atoms with E-state index in [0.717, 1.165) is 0 Å². The minimum atomic E-state index is -0.446. The molecule has 0 fully saturated rings. The van der Waals surface area contributed by atoms with Crippen molar-refractivity contribution in [3.63, 3.8) is 0 Å². The van der Waals surface area contributed by atoms with Crippen LogP contribution in [0.4, 0.5) is 4.39 Å². The first-order valence-electron chi connectivity index (χ1n) is 5.68. The number of carbonyl (C=O) groups excluding carboxylic acids is 1. The van der Waals surface area contributed by atoms with E-state index < -0.39 is 5.82 Å². The summed E-state index contributed by atoms with van der Waals surface area (Å²) >= 11 is 0. The fourth-order valence-corrected chi connectivity index (χ4v) is 1.77. The average Bonchev–Trinajstić information content (AvgIpc) is 2.45. The quantitative estimate of drug-likeness (QED) is 0.792. The van der Waals surface area contributed by atoms with Crippen LogP contribution in [-0.4, -0.2) is 20.0 Å². The Balaban J connectivity index is 2.44. The molecule has 0 heterocycles. The van der Waals surface area contributed by atoms with Crippen molar-refractivity contribution in [1.82, 2.24) is 0 Å².